The fraction of sp³-hybridized carbons (Fsp3) is 0.412. The molecule has 24 heavy (non-hydrogen) atoms. The normalized spacial score (nSPS) is 13.5. The molecule has 0 radical (unpaired) electrons. The van der Waals surface area contributed by atoms with E-state index in [9.17, 15) is 9.59 Å². The van der Waals surface area contributed by atoms with E-state index in [1.165, 1.54) is 11.3 Å². The summed E-state index contributed by atoms with van der Waals surface area (Å²) in [5, 5.41) is 9.68. The third-order valence-corrected chi connectivity index (χ3v) is 5.49. The molecule has 0 saturated heterocycles. The van der Waals surface area contributed by atoms with E-state index in [1.54, 1.807) is 11.3 Å². The molecule has 2 heterocycles. The van der Waals surface area contributed by atoms with Crippen molar-refractivity contribution in [3.8, 4) is 0 Å². The van der Waals surface area contributed by atoms with Gasteiger partial charge in [-0.1, -0.05) is 26.0 Å². The van der Waals surface area contributed by atoms with E-state index < -0.39 is 12.1 Å². The molecule has 2 rings (SSSR count). The zero-order valence-corrected chi connectivity index (χ0v) is 15.5. The Kier molecular flexibility index (Phi) is 6.81. The molecule has 0 aliphatic rings. The minimum absolute atomic E-state index is 0.00457. The smallest absolute Gasteiger partial charge is 0.312 e. The van der Waals surface area contributed by atoms with E-state index in [-0.39, 0.29) is 18.4 Å². The van der Waals surface area contributed by atoms with Gasteiger partial charge in [0.1, 0.15) is 0 Å². The highest BCUT2D eigenvalue weighted by Gasteiger charge is 2.22. The minimum atomic E-state index is -0.627. The molecular formula is C17H23N3O2S2. The van der Waals surface area contributed by atoms with Gasteiger partial charge in [0.2, 0.25) is 5.91 Å². The third-order valence-electron chi connectivity index (χ3n) is 3.52. The van der Waals surface area contributed by atoms with Crippen LogP contribution in [-0.4, -0.2) is 11.9 Å². The van der Waals surface area contributed by atoms with Crippen LogP contribution in [0.2, 0.25) is 0 Å². The molecule has 2 unspecified atom stereocenters. The van der Waals surface area contributed by atoms with E-state index in [0.717, 1.165) is 16.2 Å². The van der Waals surface area contributed by atoms with Crippen molar-refractivity contribution in [1.82, 2.24) is 10.6 Å². The van der Waals surface area contributed by atoms with Crippen LogP contribution in [0, 0.1) is 5.92 Å². The maximum Gasteiger partial charge on any atom is 0.312 e. The average molecular weight is 366 g/mol. The molecule has 0 bridgehead atoms. The number of carbonyl (C=O) groups is 2. The predicted molar refractivity (Wildman–Crippen MR) is 99.1 cm³/mol. The molecule has 5 nitrogen and oxygen atoms in total. The van der Waals surface area contributed by atoms with Crippen LogP contribution in [0.3, 0.4) is 0 Å². The van der Waals surface area contributed by atoms with Gasteiger partial charge >= 0.3 is 6.03 Å². The van der Waals surface area contributed by atoms with Gasteiger partial charge in [-0.2, -0.15) is 0 Å². The Labute approximate surface area is 150 Å². The van der Waals surface area contributed by atoms with Crippen molar-refractivity contribution in [1.29, 1.82) is 0 Å². The maximum atomic E-state index is 12.5. The van der Waals surface area contributed by atoms with Gasteiger partial charge < -0.3 is 16.4 Å². The Morgan fingerprint density at radius 1 is 1.04 bits per heavy atom. The fourth-order valence-corrected chi connectivity index (χ4v) is 4.10. The summed E-state index contributed by atoms with van der Waals surface area (Å²) >= 11 is 3.13. The summed E-state index contributed by atoms with van der Waals surface area (Å²) in [5.41, 5.74) is 5.24. The van der Waals surface area contributed by atoms with E-state index >= 15 is 0 Å². The third kappa shape index (κ3) is 5.65. The van der Waals surface area contributed by atoms with Crippen LogP contribution >= 0.6 is 22.7 Å². The number of urea groups is 1. The van der Waals surface area contributed by atoms with Gasteiger partial charge in [0.25, 0.3) is 0 Å². The van der Waals surface area contributed by atoms with Crippen molar-refractivity contribution >= 4 is 34.6 Å². The van der Waals surface area contributed by atoms with E-state index in [0.29, 0.717) is 5.92 Å². The number of nitrogens with two attached hydrogens (primary N) is 1. The standard InChI is InChI=1S/C17H23N3O2S2/c1-11(2)9-12(14-5-3-7-23-14)19-16(21)10-13(20-17(18)22)15-6-4-8-24-15/h3-8,11-13H,9-10H2,1-2H3,(H,19,21)(H3,18,20,22). The van der Waals surface area contributed by atoms with Crippen LogP contribution in [0.15, 0.2) is 35.0 Å². The number of nitrogens with one attached hydrogen (secondary N) is 2. The highest BCUT2D eigenvalue weighted by molar-refractivity contribution is 7.10. The highest BCUT2D eigenvalue weighted by Crippen LogP contribution is 2.27. The molecule has 2 aromatic rings. The number of rotatable bonds is 8. The lowest BCUT2D eigenvalue weighted by Gasteiger charge is -2.22. The van der Waals surface area contributed by atoms with Crippen molar-refractivity contribution in [2.24, 2.45) is 11.7 Å². The second-order valence-electron chi connectivity index (χ2n) is 6.05. The maximum absolute atomic E-state index is 12.5. The van der Waals surface area contributed by atoms with Gasteiger partial charge in [-0.15, -0.1) is 22.7 Å². The molecule has 0 fully saturated rings. The molecule has 0 spiro atoms. The largest absolute Gasteiger partial charge is 0.352 e. The van der Waals surface area contributed by atoms with Crippen LogP contribution in [0.1, 0.15) is 48.5 Å². The summed E-state index contributed by atoms with van der Waals surface area (Å²) in [6.07, 6.45) is 1.04. The first-order chi connectivity index (χ1) is 11.5. The van der Waals surface area contributed by atoms with Crippen molar-refractivity contribution in [2.75, 3.05) is 0 Å². The molecule has 2 atom stereocenters. The Morgan fingerprint density at radius 3 is 2.08 bits per heavy atom. The quantitative estimate of drug-likeness (QED) is 0.664. The van der Waals surface area contributed by atoms with E-state index in [4.69, 9.17) is 5.73 Å². The van der Waals surface area contributed by atoms with Crippen molar-refractivity contribution in [3.05, 3.63) is 44.8 Å². The lowest BCUT2D eigenvalue weighted by molar-refractivity contribution is -0.122. The molecule has 130 valence electrons. The molecule has 7 heteroatoms. The van der Waals surface area contributed by atoms with Crippen LogP contribution in [0.5, 0.6) is 0 Å². The second kappa shape index (κ2) is 8.84. The lowest BCUT2D eigenvalue weighted by Crippen LogP contribution is -2.37. The average Bonchev–Trinajstić information content (AvgIpc) is 3.18. The first-order valence-corrected chi connectivity index (χ1v) is 9.63. The molecule has 0 saturated carbocycles. The number of hydrogen-bond donors (Lipinski definition) is 3. The second-order valence-corrected chi connectivity index (χ2v) is 8.00. The number of primary amides is 1. The molecule has 0 aromatic carbocycles. The van der Waals surface area contributed by atoms with Crippen LogP contribution in [0.25, 0.3) is 0 Å². The van der Waals surface area contributed by atoms with E-state index in [2.05, 4.69) is 24.5 Å². The monoisotopic (exact) mass is 365 g/mol. The van der Waals surface area contributed by atoms with Crippen molar-refractivity contribution in [2.45, 2.75) is 38.8 Å². The van der Waals surface area contributed by atoms with Gasteiger partial charge in [-0.25, -0.2) is 4.79 Å². The van der Waals surface area contributed by atoms with Crippen LogP contribution < -0.4 is 16.4 Å². The van der Waals surface area contributed by atoms with Crippen LogP contribution in [-0.2, 0) is 4.79 Å². The Balaban J connectivity index is 2.04. The Morgan fingerprint density at radius 2 is 1.62 bits per heavy atom. The number of hydrogen-bond acceptors (Lipinski definition) is 4. The fourth-order valence-electron chi connectivity index (χ4n) is 2.53. The van der Waals surface area contributed by atoms with E-state index in [1.807, 2.05) is 35.0 Å². The molecule has 0 aliphatic heterocycles. The van der Waals surface area contributed by atoms with Gasteiger partial charge in [-0.05, 0) is 35.2 Å². The highest BCUT2D eigenvalue weighted by atomic mass is 32.1. The van der Waals surface area contributed by atoms with Gasteiger partial charge in [0.15, 0.2) is 0 Å². The summed E-state index contributed by atoms with van der Waals surface area (Å²) in [7, 11) is 0. The topological polar surface area (TPSA) is 84.2 Å². The summed E-state index contributed by atoms with van der Waals surface area (Å²) in [6.45, 7) is 4.27. The first-order valence-electron chi connectivity index (χ1n) is 7.87. The number of carbonyl (C=O) groups excluding carboxylic acids is 2. The molecule has 0 aliphatic carbocycles. The van der Waals surface area contributed by atoms with Crippen molar-refractivity contribution in [3.63, 3.8) is 0 Å². The summed E-state index contributed by atoms with van der Waals surface area (Å²) in [4.78, 5) is 25.8. The molecule has 4 N–H and O–H groups in total. The summed E-state index contributed by atoms with van der Waals surface area (Å²) < 4.78 is 0. The zero-order chi connectivity index (χ0) is 17.5. The summed E-state index contributed by atoms with van der Waals surface area (Å²) in [6, 6.07) is 6.78. The first kappa shape index (κ1) is 18.5. The number of amides is 3. The summed E-state index contributed by atoms with van der Waals surface area (Å²) in [5.74, 6) is 0.371. The molecular weight excluding hydrogens is 342 g/mol. The van der Waals surface area contributed by atoms with Crippen LogP contribution in [0.4, 0.5) is 4.79 Å². The predicted octanol–water partition coefficient (Wildman–Crippen LogP) is 3.81. The van der Waals surface area contributed by atoms with Gasteiger partial charge in [0, 0.05) is 9.75 Å². The van der Waals surface area contributed by atoms with Crippen molar-refractivity contribution < 1.29 is 9.59 Å². The number of thiophene rings is 2. The zero-order valence-electron chi connectivity index (χ0n) is 13.8. The van der Waals surface area contributed by atoms with Gasteiger partial charge in [-0.3, -0.25) is 4.79 Å². The SMILES string of the molecule is CC(C)CC(NC(=O)CC(NC(N)=O)c1cccs1)c1cccs1. The lowest BCUT2D eigenvalue weighted by atomic mass is 10.0. The Hall–Kier alpha value is -1.86. The minimum Gasteiger partial charge on any atom is -0.352 e. The molecule has 3 amide bonds. The Bertz CT molecular complexity index is 639. The van der Waals surface area contributed by atoms with Gasteiger partial charge in [0.05, 0.1) is 18.5 Å². The molecule has 2 aromatic heterocycles.